The number of rotatable bonds is 7. The third-order valence-electron chi connectivity index (χ3n) is 4.07. The van der Waals surface area contributed by atoms with Gasteiger partial charge in [-0.15, -0.1) is 0 Å². The summed E-state index contributed by atoms with van der Waals surface area (Å²) in [6.45, 7) is 1.94. The number of nitrogens with two attached hydrogens (primary N) is 2. The Labute approximate surface area is 187 Å². The molecule has 1 heterocycles. The topological polar surface area (TPSA) is 149 Å². The van der Waals surface area contributed by atoms with Crippen molar-refractivity contribution in [1.82, 2.24) is 9.97 Å². The van der Waals surface area contributed by atoms with Crippen LogP contribution in [-0.4, -0.2) is 29.1 Å². The van der Waals surface area contributed by atoms with Gasteiger partial charge in [-0.05, 0) is 47.1 Å². The van der Waals surface area contributed by atoms with Crippen molar-refractivity contribution >= 4 is 39.3 Å². The molecule has 0 bridgehead atoms. The monoisotopic (exact) mass is 482 g/mol. The first-order valence-corrected chi connectivity index (χ1v) is 9.99. The zero-order valence-corrected chi connectivity index (χ0v) is 18.1. The lowest BCUT2D eigenvalue weighted by Crippen LogP contribution is -2.20. The van der Waals surface area contributed by atoms with E-state index in [-0.39, 0.29) is 35.5 Å². The standard InChI is InChI=1S/C21H19BrN6O3/c1-2-30-16-8-13(19-14(10-23)20(24)28-21(25)27-19)15(22)9-17(16)31-11-18(29)26-12-6-4-3-5-7-12/h3-9H,2,11H2,1H3,(H,26,29)(H4,24,25,27,28). The lowest BCUT2D eigenvalue weighted by atomic mass is 10.1. The van der Waals surface area contributed by atoms with Crippen molar-refractivity contribution in [2.45, 2.75) is 6.92 Å². The molecule has 5 N–H and O–H groups in total. The minimum Gasteiger partial charge on any atom is -0.490 e. The molecule has 1 aromatic heterocycles. The van der Waals surface area contributed by atoms with Crippen molar-refractivity contribution in [2.24, 2.45) is 0 Å². The lowest BCUT2D eigenvalue weighted by Gasteiger charge is -2.16. The Morgan fingerprint density at radius 1 is 1.16 bits per heavy atom. The van der Waals surface area contributed by atoms with Gasteiger partial charge in [0.15, 0.2) is 18.1 Å². The molecule has 0 spiro atoms. The van der Waals surface area contributed by atoms with E-state index in [0.29, 0.717) is 33.8 Å². The number of para-hydroxylation sites is 1. The van der Waals surface area contributed by atoms with Crippen LogP contribution in [0.3, 0.4) is 0 Å². The van der Waals surface area contributed by atoms with Gasteiger partial charge in [-0.2, -0.15) is 10.2 Å². The number of aromatic nitrogens is 2. The SMILES string of the molecule is CCOc1cc(-c2nc(N)nc(N)c2C#N)c(Br)cc1OCC(=O)Nc1ccccc1. The Kier molecular flexibility index (Phi) is 6.89. The Balaban J connectivity index is 1.89. The van der Waals surface area contributed by atoms with Crippen LogP contribution in [0.1, 0.15) is 12.5 Å². The Hall–Kier alpha value is -3.84. The average Bonchev–Trinajstić information content (AvgIpc) is 2.74. The first-order chi connectivity index (χ1) is 14.9. The molecule has 9 nitrogen and oxygen atoms in total. The predicted octanol–water partition coefficient (Wildman–Crippen LogP) is 3.36. The summed E-state index contributed by atoms with van der Waals surface area (Å²) in [6.07, 6.45) is 0. The number of ether oxygens (including phenoxy) is 2. The fraction of sp³-hybridized carbons (Fsp3) is 0.143. The first-order valence-electron chi connectivity index (χ1n) is 9.20. The van der Waals surface area contributed by atoms with Crippen molar-refractivity contribution in [3.8, 4) is 28.8 Å². The summed E-state index contributed by atoms with van der Waals surface area (Å²) in [4.78, 5) is 20.2. The van der Waals surface area contributed by atoms with Crippen LogP contribution in [0.2, 0.25) is 0 Å². The van der Waals surface area contributed by atoms with Gasteiger partial charge in [-0.25, -0.2) is 4.98 Å². The lowest BCUT2D eigenvalue weighted by molar-refractivity contribution is -0.118. The van der Waals surface area contributed by atoms with Crippen molar-refractivity contribution in [3.63, 3.8) is 0 Å². The van der Waals surface area contributed by atoms with E-state index in [9.17, 15) is 10.1 Å². The summed E-state index contributed by atoms with van der Waals surface area (Å²) in [7, 11) is 0. The Bertz CT molecular complexity index is 1150. The highest BCUT2D eigenvalue weighted by atomic mass is 79.9. The van der Waals surface area contributed by atoms with E-state index in [1.807, 2.05) is 31.2 Å². The fourth-order valence-electron chi connectivity index (χ4n) is 2.76. The molecular formula is C21H19BrN6O3. The molecule has 2 aromatic carbocycles. The molecule has 0 atom stereocenters. The summed E-state index contributed by atoms with van der Waals surface area (Å²) in [5.74, 6) is 0.307. The molecule has 0 radical (unpaired) electrons. The summed E-state index contributed by atoms with van der Waals surface area (Å²) < 4.78 is 11.9. The molecule has 0 fully saturated rings. The molecule has 0 saturated carbocycles. The maximum absolute atomic E-state index is 12.2. The van der Waals surface area contributed by atoms with Crippen molar-refractivity contribution in [3.05, 3.63) is 52.5 Å². The number of anilines is 3. The summed E-state index contributed by atoms with van der Waals surface area (Å²) in [5, 5.41) is 12.2. The average molecular weight is 483 g/mol. The minimum absolute atomic E-state index is 0.0206. The smallest absolute Gasteiger partial charge is 0.262 e. The molecule has 0 unspecified atom stereocenters. The van der Waals surface area contributed by atoms with Gasteiger partial charge in [0.25, 0.3) is 5.91 Å². The predicted molar refractivity (Wildman–Crippen MR) is 120 cm³/mol. The molecule has 0 aliphatic heterocycles. The second-order valence-corrected chi connectivity index (χ2v) is 7.07. The Morgan fingerprint density at radius 3 is 2.55 bits per heavy atom. The van der Waals surface area contributed by atoms with Gasteiger partial charge in [0.1, 0.15) is 17.5 Å². The van der Waals surface area contributed by atoms with E-state index >= 15 is 0 Å². The number of carbonyl (C=O) groups is 1. The number of nitrogens with zero attached hydrogens (tertiary/aromatic N) is 3. The van der Waals surface area contributed by atoms with E-state index in [1.165, 1.54) is 0 Å². The normalized spacial score (nSPS) is 10.2. The summed E-state index contributed by atoms with van der Waals surface area (Å²) >= 11 is 3.45. The van der Waals surface area contributed by atoms with Crippen molar-refractivity contribution in [2.75, 3.05) is 30.0 Å². The number of carbonyl (C=O) groups excluding carboxylic acids is 1. The zero-order chi connectivity index (χ0) is 22.4. The maximum Gasteiger partial charge on any atom is 0.262 e. The van der Waals surface area contributed by atoms with Crippen LogP contribution in [0.4, 0.5) is 17.5 Å². The van der Waals surface area contributed by atoms with Crippen LogP contribution in [0.25, 0.3) is 11.3 Å². The highest BCUT2D eigenvalue weighted by molar-refractivity contribution is 9.10. The van der Waals surface area contributed by atoms with E-state index in [4.69, 9.17) is 20.9 Å². The Morgan fingerprint density at radius 2 is 1.87 bits per heavy atom. The van der Waals surface area contributed by atoms with E-state index in [0.717, 1.165) is 0 Å². The van der Waals surface area contributed by atoms with E-state index in [1.54, 1.807) is 24.3 Å². The number of amides is 1. The number of hydrogen-bond acceptors (Lipinski definition) is 8. The van der Waals surface area contributed by atoms with E-state index in [2.05, 4.69) is 31.2 Å². The molecule has 0 aliphatic carbocycles. The van der Waals surface area contributed by atoms with Crippen LogP contribution in [0.15, 0.2) is 46.9 Å². The molecule has 158 valence electrons. The maximum atomic E-state index is 12.2. The van der Waals surface area contributed by atoms with Gasteiger partial charge >= 0.3 is 0 Å². The quantitative estimate of drug-likeness (QED) is 0.463. The van der Waals surface area contributed by atoms with Crippen LogP contribution < -0.4 is 26.3 Å². The molecule has 31 heavy (non-hydrogen) atoms. The van der Waals surface area contributed by atoms with Gasteiger partial charge in [-0.1, -0.05) is 18.2 Å². The molecule has 1 amide bonds. The van der Waals surface area contributed by atoms with Crippen LogP contribution >= 0.6 is 15.9 Å². The number of hydrogen-bond donors (Lipinski definition) is 3. The van der Waals surface area contributed by atoms with Gasteiger partial charge in [0, 0.05) is 15.7 Å². The van der Waals surface area contributed by atoms with Crippen LogP contribution in [0.5, 0.6) is 11.5 Å². The van der Waals surface area contributed by atoms with Crippen molar-refractivity contribution in [1.29, 1.82) is 5.26 Å². The fourth-order valence-corrected chi connectivity index (χ4v) is 3.27. The van der Waals surface area contributed by atoms with Crippen LogP contribution in [-0.2, 0) is 4.79 Å². The third kappa shape index (κ3) is 5.21. The molecular weight excluding hydrogens is 464 g/mol. The minimum atomic E-state index is -0.322. The number of nitrogen functional groups attached to an aromatic ring is 2. The van der Waals surface area contributed by atoms with Gasteiger partial charge in [0.05, 0.1) is 12.3 Å². The van der Waals surface area contributed by atoms with Crippen molar-refractivity contribution < 1.29 is 14.3 Å². The molecule has 10 heteroatoms. The van der Waals surface area contributed by atoms with Gasteiger partial charge in [-0.3, -0.25) is 4.79 Å². The second-order valence-electron chi connectivity index (χ2n) is 6.22. The zero-order valence-electron chi connectivity index (χ0n) is 16.6. The first kappa shape index (κ1) is 21.9. The number of nitrogens with one attached hydrogen (secondary N) is 1. The number of benzene rings is 2. The van der Waals surface area contributed by atoms with Gasteiger partial charge in [0.2, 0.25) is 5.95 Å². The highest BCUT2D eigenvalue weighted by Gasteiger charge is 2.19. The number of halogens is 1. The molecule has 3 rings (SSSR count). The van der Waals surface area contributed by atoms with Gasteiger partial charge < -0.3 is 26.3 Å². The van der Waals surface area contributed by atoms with E-state index < -0.39 is 0 Å². The van der Waals surface area contributed by atoms with Crippen LogP contribution in [0, 0.1) is 11.3 Å². The highest BCUT2D eigenvalue weighted by Crippen LogP contribution is 2.40. The number of nitriles is 1. The molecule has 3 aromatic rings. The largest absolute Gasteiger partial charge is 0.490 e. The molecule has 0 aliphatic rings. The second kappa shape index (κ2) is 9.77. The molecule has 0 saturated heterocycles. The third-order valence-corrected chi connectivity index (χ3v) is 4.73. The summed E-state index contributed by atoms with van der Waals surface area (Å²) in [5.41, 5.74) is 13.1. The summed E-state index contributed by atoms with van der Waals surface area (Å²) in [6, 6.07) is 14.3.